The number of carbonyl (C=O) groups excluding carboxylic acids is 3. The highest BCUT2D eigenvalue weighted by atomic mass is 19.4. The molecule has 158 valence electrons. The van der Waals surface area contributed by atoms with Crippen molar-refractivity contribution in [2.75, 3.05) is 6.54 Å². The molecule has 1 aromatic carbocycles. The number of hydrogen-bond acceptors (Lipinski definition) is 3. The maximum absolute atomic E-state index is 12.8. The van der Waals surface area contributed by atoms with Crippen molar-refractivity contribution in [1.82, 2.24) is 15.5 Å². The van der Waals surface area contributed by atoms with E-state index in [0.717, 1.165) is 36.3 Å². The van der Waals surface area contributed by atoms with Gasteiger partial charge in [0.05, 0.1) is 5.56 Å². The molecule has 0 radical (unpaired) electrons. The summed E-state index contributed by atoms with van der Waals surface area (Å²) >= 11 is 0. The monoisotopic (exact) mass is 411 g/mol. The smallest absolute Gasteiger partial charge is 0.350 e. The van der Waals surface area contributed by atoms with Crippen LogP contribution in [-0.4, -0.2) is 34.8 Å². The molecular weight excluding hydrogens is 387 g/mol. The van der Waals surface area contributed by atoms with Gasteiger partial charge in [0.1, 0.15) is 12.1 Å². The van der Waals surface area contributed by atoms with Crippen LogP contribution in [0, 0.1) is 5.92 Å². The molecule has 2 N–H and O–H groups in total. The quantitative estimate of drug-likeness (QED) is 0.731. The molecule has 0 bridgehead atoms. The van der Waals surface area contributed by atoms with Crippen LogP contribution in [0.3, 0.4) is 0 Å². The van der Waals surface area contributed by atoms with E-state index in [1.165, 1.54) is 12.1 Å². The number of rotatable bonds is 5. The standard InChI is InChI=1S/C20H24F3N3O3/c1-2-13-7-9-19(10-8-13)17(28)26(18(29)25-19)12-16(27)24-11-14-3-5-15(6-4-14)20(21,22)23/h3-6,13H,2,7-12H2,1H3,(H,24,27)(H,25,29). The molecule has 0 atom stereocenters. The molecule has 3 rings (SSSR count). The molecular formula is C20H24F3N3O3. The van der Waals surface area contributed by atoms with E-state index in [2.05, 4.69) is 17.6 Å². The minimum Gasteiger partial charge on any atom is -0.350 e. The second-order valence-electron chi connectivity index (χ2n) is 7.73. The first-order chi connectivity index (χ1) is 13.6. The number of alkyl halides is 3. The summed E-state index contributed by atoms with van der Waals surface area (Å²) in [6.07, 6.45) is -0.530. The van der Waals surface area contributed by atoms with Gasteiger partial charge in [-0.3, -0.25) is 14.5 Å². The van der Waals surface area contributed by atoms with Crippen molar-refractivity contribution in [3.63, 3.8) is 0 Å². The molecule has 1 heterocycles. The predicted octanol–water partition coefficient (Wildman–Crippen LogP) is 3.21. The van der Waals surface area contributed by atoms with E-state index in [4.69, 9.17) is 0 Å². The van der Waals surface area contributed by atoms with Crippen LogP contribution < -0.4 is 10.6 Å². The van der Waals surface area contributed by atoms with E-state index >= 15 is 0 Å². The topological polar surface area (TPSA) is 78.5 Å². The lowest BCUT2D eigenvalue weighted by Crippen LogP contribution is -2.50. The van der Waals surface area contributed by atoms with Gasteiger partial charge in [-0.05, 0) is 49.3 Å². The third-order valence-electron chi connectivity index (χ3n) is 5.85. The Hall–Kier alpha value is -2.58. The summed E-state index contributed by atoms with van der Waals surface area (Å²) in [6, 6.07) is 3.86. The molecule has 4 amide bonds. The number of urea groups is 1. The lowest BCUT2D eigenvalue weighted by atomic mass is 9.75. The summed E-state index contributed by atoms with van der Waals surface area (Å²) in [5, 5.41) is 5.30. The van der Waals surface area contributed by atoms with Crippen LogP contribution in [0.4, 0.5) is 18.0 Å². The van der Waals surface area contributed by atoms with Crippen molar-refractivity contribution in [2.24, 2.45) is 5.92 Å². The third kappa shape index (κ3) is 4.54. The largest absolute Gasteiger partial charge is 0.416 e. The van der Waals surface area contributed by atoms with Gasteiger partial charge in [-0.15, -0.1) is 0 Å². The number of hydrogen-bond donors (Lipinski definition) is 2. The highest BCUT2D eigenvalue weighted by Crippen LogP contribution is 2.37. The molecule has 1 saturated carbocycles. The van der Waals surface area contributed by atoms with Gasteiger partial charge in [-0.25, -0.2) is 4.79 Å². The number of amides is 4. The Morgan fingerprint density at radius 1 is 1.21 bits per heavy atom. The minimum absolute atomic E-state index is 0.00391. The summed E-state index contributed by atoms with van der Waals surface area (Å²) in [5.41, 5.74) is -1.19. The van der Waals surface area contributed by atoms with E-state index < -0.39 is 35.8 Å². The number of nitrogens with zero attached hydrogens (tertiary/aromatic N) is 1. The van der Waals surface area contributed by atoms with Gasteiger partial charge >= 0.3 is 12.2 Å². The van der Waals surface area contributed by atoms with Gasteiger partial charge < -0.3 is 10.6 Å². The number of halogens is 3. The highest BCUT2D eigenvalue weighted by molar-refractivity contribution is 6.09. The number of nitrogens with one attached hydrogen (secondary N) is 2. The highest BCUT2D eigenvalue weighted by Gasteiger charge is 2.52. The Bertz CT molecular complexity index is 784. The summed E-state index contributed by atoms with van der Waals surface area (Å²) in [7, 11) is 0. The average Bonchev–Trinajstić information content (AvgIpc) is 2.91. The Morgan fingerprint density at radius 2 is 1.83 bits per heavy atom. The second kappa shape index (κ2) is 8.04. The van der Waals surface area contributed by atoms with Crippen molar-refractivity contribution in [3.8, 4) is 0 Å². The third-order valence-corrected chi connectivity index (χ3v) is 5.85. The Kier molecular flexibility index (Phi) is 5.86. The van der Waals surface area contributed by atoms with Crippen molar-refractivity contribution in [2.45, 2.75) is 57.3 Å². The first-order valence-corrected chi connectivity index (χ1v) is 9.71. The van der Waals surface area contributed by atoms with Gasteiger partial charge in [-0.2, -0.15) is 13.2 Å². The first kappa shape index (κ1) is 21.1. The van der Waals surface area contributed by atoms with Crippen molar-refractivity contribution < 1.29 is 27.6 Å². The van der Waals surface area contributed by atoms with Crippen LogP contribution in [0.1, 0.15) is 50.2 Å². The minimum atomic E-state index is -4.42. The van der Waals surface area contributed by atoms with Gasteiger partial charge in [0.2, 0.25) is 5.91 Å². The van der Waals surface area contributed by atoms with E-state index in [1.807, 2.05) is 0 Å². The van der Waals surface area contributed by atoms with E-state index in [9.17, 15) is 27.6 Å². The molecule has 1 saturated heterocycles. The molecule has 1 aliphatic heterocycles. The molecule has 0 aromatic heterocycles. The van der Waals surface area contributed by atoms with Gasteiger partial charge in [0.15, 0.2) is 0 Å². The molecule has 1 spiro atoms. The lowest BCUT2D eigenvalue weighted by Gasteiger charge is -2.34. The zero-order valence-corrected chi connectivity index (χ0v) is 16.1. The first-order valence-electron chi connectivity index (χ1n) is 9.71. The van der Waals surface area contributed by atoms with Crippen LogP contribution in [0.25, 0.3) is 0 Å². The lowest BCUT2D eigenvalue weighted by molar-refractivity contribution is -0.137. The molecule has 2 aliphatic rings. The van der Waals surface area contributed by atoms with Crippen molar-refractivity contribution in [3.05, 3.63) is 35.4 Å². The van der Waals surface area contributed by atoms with Crippen LogP contribution in [0.15, 0.2) is 24.3 Å². The van der Waals surface area contributed by atoms with Crippen molar-refractivity contribution >= 4 is 17.8 Å². The molecule has 0 unspecified atom stereocenters. The van der Waals surface area contributed by atoms with E-state index in [1.54, 1.807) is 0 Å². The normalized spacial score (nSPS) is 24.7. The number of benzene rings is 1. The maximum atomic E-state index is 12.8. The van der Waals surface area contributed by atoms with Gasteiger partial charge in [-0.1, -0.05) is 25.5 Å². The number of imide groups is 1. The van der Waals surface area contributed by atoms with E-state index in [-0.39, 0.29) is 12.5 Å². The Morgan fingerprint density at radius 3 is 2.38 bits per heavy atom. The van der Waals surface area contributed by atoms with Gasteiger partial charge in [0.25, 0.3) is 5.91 Å². The SMILES string of the molecule is CCC1CCC2(CC1)NC(=O)N(CC(=O)NCc1ccc(C(F)(F)F)cc1)C2=O. The second-order valence-corrected chi connectivity index (χ2v) is 7.73. The fourth-order valence-corrected chi connectivity index (χ4v) is 3.95. The van der Waals surface area contributed by atoms with Crippen LogP contribution in [0.5, 0.6) is 0 Å². The Balaban J connectivity index is 1.54. The predicted molar refractivity (Wildman–Crippen MR) is 98.5 cm³/mol. The summed E-state index contributed by atoms with van der Waals surface area (Å²) in [5.74, 6) is -0.374. The molecule has 29 heavy (non-hydrogen) atoms. The average molecular weight is 411 g/mol. The maximum Gasteiger partial charge on any atom is 0.416 e. The van der Waals surface area contributed by atoms with Gasteiger partial charge in [0, 0.05) is 6.54 Å². The summed E-state index contributed by atoms with van der Waals surface area (Å²) in [4.78, 5) is 38.2. The number of carbonyl (C=O) groups is 3. The molecule has 2 fully saturated rings. The molecule has 1 aliphatic carbocycles. The van der Waals surface area contributed by atoms with Crippen LogP contribution in [-0.2, 0) is 22.3 Å². The van der Waals surface area contributed by atoms with Crippen molar-refractivity contribution in [1.29, 1.82) is 0 Å². The molecule has 1 aromatic rings. The molecule has 6 nitrogen and oxygen atoms in total. The summed E-state index contributed by atoms with van der Waals surface area (Å²) < 4.78 is 37.7. The van der Waals surface area contributed by atoms with Crippen LogP contribution >= 0.6 is 0 Å². The molecule has 9 heteroatoms. The Labute approximate surface area is 166 Å². The fourth-order valence-electron chi connectivity index (χ4n) is 3.95. The summed E-state index contributed by atoms with van der Waals surface area (Å²) in [6.45, 7) is 1.69. The zero-order chi connectivity index (χ0) is 21.2. The van der Waals surface area contributed by atoms with E-state index in [0.29, 0.717) is 24.3 Å². The zero-order valence-electron chi connectivity index (χ0n) is 16.1. The van der Waals surface area contributed by atoms with Crippen LogP contribution in [0.2, 0.25) is 0 Å². The fraction of sp³-hybridized carbons (Fsp3) is 0.550.